The third-order valence-corrected chi connectivity index (χ3v) is 9.06. The molecule has 3 aliphatic rings. The second-order valence-electron chi connectivity index (χ2n) is 11.1. The van der Waals surface area contributed by atoms with Gasteiger partial charge in [-0.25, -0.2) is 8.42 Å². The number of piperidine rings is 1. The smallest absolute Gasteiger partial charge is 0.254 e. The van der Waals surface area contributed by atoms with Crippen molar-refractivity contribution >= 4 is 44.6 Å². The first-order valence-electron chi connectivity index (χ1n) is 14.1. The molecule has 10 heteroatoms. The number of nitrogens with zero attached hydrogens (tertiary/aromatic N) is 4. The summed E-state index contributed by atoms with van der Waals surface area (Å²) in [6.07, 6.45) is 3.88. The van der Waals surface area contributed by atoms with E-state index in [1.165, 1.54) is 0 Å². The van der Waals surface area contributed by atoms with Crippen molar-refractivity contribution in [2.24, 2.45) is 0 Å². The number of amides is 2. The zero-order valence-electron chi connectivity index (χ0n) is 23.2. The maximum atomic E-state index is 14.1. The second kappa shape index (κ2) is 10.8. The quantitative estimate of drug-likeness (QED) is 0.442. The molecule has 3 aromatic carbocycles. The number of fused-ring (bicyclic) bond motifs is 1. The van der Waals surface area contributed by atoms with Crippen LogP contribution in [-0.2, 0) is 26.0 Å². The highest BCUT2D eigenvalue weighted by Gasteiger charge is 2.54. The lowest BCUT2D eigenvalue weighted by Gasteiger charge is -2.43. The van der Waals surface area contributed by atoms with Crippen LogP contribution in [0.5, 0.6) is 0 Å². The first-order valence-corrected chi connectivity index (χ1v) is 16.0. The normalized spacial score (nSPS) is 18.8. The first kappa shape index (κ1) is 27.3. The van der Waals surface area contributed by atoms with Gasteiger partial charge in [0.25, 0.3) is 5.91 Å². The fourth-order valence-electron chi connectivity index (χ4n) is 6.41. The van der Waals surface area contributed by atoms with Crippen LogP contribution in [0.25, 0.3) is 0 Å². The summed E-state index contributed by atoms with van der Waals surface area (Å²) in [6, 6.07) is 25.0. The van der Waals surface area contributed by atoms with E-state index in [0.29, 0.717) is 38.2 Å². The van der Waals surface area contributed by atoms with Crippen molar-refractivity contribution in [2.75, 3.05) is 58.5 Å². The van der Waals surface area contributed by atoms with Gasteiger partial charge in [-0.3, -0.25) is 19.2 Å². The molecule has 0 aromatic heterocycles. The number of carbonyl (C=O) groups is 2. The van der Waals surface area contributed by atoms with Crippen molar-refractivity contribution in [3.05, 3.63) is 84.4 Å². The van der Waals surface area contributed by atoms with Gasteiger partial charge in [-0.15, -0.1) is 0 Å². The maximum absolute atomic E-state index is 14.1. The minimum Gasteiger partial charge on any atom is -0.338 e. The Morgan fingerprint density at radius 1 is 0.829 bits per heavy atom. The van der Waals surface area contributed by atoms with E-state index in [2.05, 4.69) is 26.7 Å². The van der Waals surface area contributed by atoms with Gasteiger partial charge in [0.05, 0.1) is 19.3 Å². The summed E-state index contributed by atoms with van der Waals surface area (Å²) < 4.78 is 25.7. The van der Waals surface area contributed by atoms with Crippen molar-refractivity contribution in [1.29, 1.82) is 0 Å². The molecule has 0 aliphatic carbocycles. The summed E-state index contributed by atoms with van der Waals surface area (Å²) in [6.45, 7) is 3.60. The molecular weight excluding hydrogens is 538 g/mol. The standard InChI is InChI=1S/C31H35N5O4S/c1-41(39,40)32-25-12-14-26(15-13-25)35-23-36(27-9-3-2-4-10-27)31(30(35)38)16-20-33(21-17-31)18-7-19-34-28-11-6-5-8-24(28)22-29(34)37/h2-6,8-15,32H,7,16-23H2,1H3. The lowest BCUT2D eigenvalue weighted by atomic mass is 9.85. The zero-order chi connectivity index (χ0) is 28.6. The van der Waals surface area contributed by atoms with E-state index in [1.54, 1.807) is 24.3 Å². The molecule has 9 nitrogen and oxygen atoms in total. The molecule has 2 amide bonds. The average Bonchev–Trinajstić information content (AvgIpc) is 3.43. The third-order valence-electron chi connectivity index (χ3n) is 8.46. The van der Waals surface area contributed by atoms with Crippen molar-refractivity contribution in [3.8, 4) is 0 Å². The lowest BCUT2D eigenvalue weighted by molar-refractivity contribution is -0.123. The molecule has 1 N–H and O–H groups in total. The molecule has 41 heavy (non-hydrogen) atoms. The number of likely N-dealkylation sites (tertiary alicyclic amines) is 1. The summed E-state index contributed by atoms with van der Waals surface area (Å²) in [5.74, 6) is 0.239. The van der Waals surface area contributed by atoms with Gasteiger partial charge in [0, 0.05) is 42.4 Å². The Balaban J connectivity index is 1.14. The maximum Gasteiger partial charge on any atom is 0.254 e. The minimum absolute atomic E-state index is 0.0732. The molecule has 3 aromatic rings. The molecule has 2 fully saturated rings. The molecule has 3 aliphatic heterocycles. The Morgan fingerprint density at radius 2 is 1.51 bits per heavy atom. The van der Waals surface area contributed by atoms with Gasteiger partial charge in [0.15, 0.2) is 0 Å². The highest BCUT2D eigenvalue weighted by Crippen LogP contribution is 2.41. The number of benzene rings is 3. The number of hydrogen-bond acceptors (Lipinski definition) is 6. The molecule has 2 saturated heterocycles. The van der Waals surface area contributed by atoms with E-state index >= 15 is 0 Å². The van der Waals surface area contributed by atoms with E-state index in [0.717, 1.165) is 54.9 Å². The summed E-state index contributed by atoms with van der Waals surface area (Å²) >= 11 is 0. The number of sulfonamides is 1. The number of hydrogen-bond donors (Lipinski definition) is 1. The van der Waals surface area contributed by atoms with Gasteiger partial charge in [-0.2, -0.15) is 0 Å². The third kappa shape index (κ3) is 5.41. The van der Waals surface area contributed by atoms with Crippen LogP contribution in [0, 0.1) is 0 Å². The second-order valence-corrected chi connectivity index (χ2v) is 12.9. The molecule has 1 spiro atoms. The van der Waals surface area contributed by atoms with Crippen LogP contribution in [0.2, 0.25) is 0 Å². The van der Waals surface area contributed by atoms with E-state index in [1.807, 2.05) is 52.3 Å². The Hall–Kier alpha value is -3.89. The monoisotopic (exact) mass is 573 g/mol. The van der Waals surface area contributed by atoms with Crippen molar-refractivity contribution in [2.45, 2.75) is 31.2 Å². The van der Waals surface area contributed by atoms with Crippen LogP contribution in [0.15, 0.2) is 78.9 Å². The Labute approximate surface area is 241 Å². The van der Waals surface area contributed by atoms with Crippen molar-refractivity contribution in [3.63, 3.8) is 0 Å². The highest BCUT2D eigenvalue weighted by atomic mass is 32.2. The molecule has 0 atom stereocenters. The number of anilines is 4. The van der Waals surface area contributed by atoms with Crippen molar-refractivity contribution in [1.82, 2.24) is 4.90 Å². The Bertz CT molecular complexity index is 1540. The minimum atomic E-state index is -3.38. The van der Waals surface area contributed by atoms with Gasteiger partial charge >= 0.3 is 0 Å². The Kier molecular flexibility index (Phi) is 7.21. The molecule has 0 saturated carbocycles. The zero-order valence-corrected chi connectivity index (χ0v) is 24.0. The van der Waals surface area contributed by atoms with Crippen LogP contribution in [0.1, 0.15) is 24.8 Å². The molecule has 214 valence electrons. The summed E-state index contributed by atoms with van der Waals surface area (Å²) in [7, 11) is -3.38. The molecule has 0 bridgehead atoms. The van der Waals surface area contributed by atoms with Gasteiger partial charge in [-0.1, -0.05) is 36.4 Å². The molecule has 3 heterocycles. The predicted octanol–water partition coefficient (Wildman–Crippen LogP) is 3.68. The number of carbonyl (C=O) groups excluding carboxylic acids is 2. The van der Waals surface area contributed by atoms with E-state index < -0.39 is 15.6 Å². The van der Waals surface area contributed by atoms with E-state index in [9.17, 15) is 18.0 Å². The Morgan fingerprint density at radius 3 is 2.22 bits per heavy atom. The van der Waals surface area contributed by atoms with E-state index in [-0.39, 0.29) is 11.8 Å². The van der Waals surface area contributed by atoms with Crippen LogP contribution < -0.4 is 19.4 Å². The number of para-hydroxylation sites is 2. The van der Waals surface area contributed by atoms with Crippen LogP contribution in [-0.4, -0.2) is 69.8 Å². The van der Waals surface area contributed by atoms with Crippen LogP contribution in [0.4, 0.5) is 22.7 Å². The topological polar surface area (TPSA) is 93.3 Å². The summed E-state index contributed by atoms with van der Waals surface area (Å²) in [4.78, 5) is 35.0. The molecule has 0 radical (unpaired) electrons. The average molecular weight is 574 g/mol. The van der Waals surface area contributed by atoms with Gasteiger partial charge in [0.1, 0.15) is 5.54 Å². The lowest BCUT2D eigenvalue weighted by Crippen LogP contribution is -2.56. The number of rotatable bonds is 8. The van der Waals surface area contributed by atoms with E-state index in [4.69, 9.17) is 0 Å². The fourth-order valence-corrected chi connectivity index (χ4v) is 6.98. The van der Waals surface area contributed by atoms with Gasteiger partial charge < -0.3 is 14.7 Å². The number of nitrogens with one attached hydrogen (secondary N) is 1. The first-order chi connectivity index (χ1) is 19.7. The van der Waals surface area contributed by atoms with Gasteiger partial charge in [0.2, 0.25) is 15.9 Å². The summed E-state index contributed by atoms with van der Waals surface area (Å²) in [5, 5.41) is 0. The predicted molar refractivity (Wildman–Crippen MR) is 162 cm³/mol. The van der Waals surface area contributed by atoms with Crippen LogP contribution >= 0.6 is 0 Å². The SMILES string of the molecule is CS(=O)(=O)Nc1ccc(N2CN(c3ccccc3)C3(CCN(CCCN4C(=O)Cc5ccccc54)CC3)C2=O)cc1. The fraction of sp³-hybridized carbons (Fsp3) is 0.355. The molecule has 6 rings (SSSR count). The van der Waals surface area contributed by atoms with Gasteiger partial charge in [-0.05, 0) is 73.8 Å². The largest absolute Gasteiger partial charge is 0.338 e. The highest BCUT2D eigenvalue weighted by molar-refractivity contribution is 7.92. The van der Waals surface area contributed by atoms with Crippen molar-refractivity contribution < 1.29 is 18.0 Å². The molecule has 0 unspecified atom stereocenters. The molecular formula is C31H35N5O4S. The summed E-state index contributed by atoms with van der Waals surface area (Å²) in [5.41, 5.74) is 3.70. The van der Waals surface area contributed by atoms with Crippen LogP contribution in [0.3, 0.4) is 0 Å².